The molecule has 0 saturated heterocycles. The lowest BCUT2D eigenvalue weighted by Gasteiger charge is -2.13. The summed E-state index contributed by atoms with van der Waals surface area (Å²) in [5.41, 5.74) is 0. The first-order valence-corrected chi connectivity index (χ1v) is 3.93. The van der Waals surface area contributed by atoms with E-state index in [2.05, 4.69) is 0 Å². The molecule has 2 N–H and O–H groups in total. The summed E-state index contributed by atoms with van der Waals surface area (Å²) in [6.45, 7) is 3.24. The topological polar surface area (TPSA) is 77.8 Å². The summed E-state index contributed by atoms with van der Waals surface area (Å²) >= 11 is 0. The highest BCUT2D eigenvalue weighted by Gasteiger charge is 2.11. The molecular formula is C8H17NO4. The fourth-order valence-corrected chi connectivity index (χ4v) is 0.221. The number of carboxylic acid groups (broad SMARTS) is 2. The van der Waals surface area contributed by atoms with Gasteiger partial charge in [0.05, 0.1) is 0 Å². The summed E-state index contributed by atoms with van der Waals surface area (Å²) in [4.78, 5) is 21.1. The maximum Gasteiger partial charge on any atom is 0.320 e. The largest absolute Gasteiger partial charge is 0.481 e. The normalized spacial score (nSPS) is 11.5. The molecule has 78 valence electrons. The Morgan fingerprint density at radius 2 is 1.62 bits per heavy atom. The molecular weight excluding hydrogens is 174 g/mol. The van der Waals surface area contributed by atoms with Gasteiger partial charge in [0.15, 0.2) is 0 Å². The van der Waals surface area contributed by atoms with Gasteiger partial charge in [0, 0.05) is 6.42 Å². The van der Waals surface area contributed by atoms with Crippen LogP contribution in [0.5, 0.6) is 0 Å². The summed E-state index contributed by atoms with van der Waals surface area (Å²) in [5, 5.41) is 16.0. The number of aliphatic carboxylic acids is 2. The lowest BCUT2D eigenvalue weighted by molar-refractivity contribution is -0.141. The molecule has 1 unspecified atom stereocenters. The lowest BCUT2D eigenvalue weighted by atomic mass is 10.3. The average Bonchev–Trinajstić information content (AvgIpc) is 2.03. The molecule has 5 nitrogen and oxygen atoms in total. The molecule has 0 aromatic heterocycles. The number of nitrogens with zero attached hydrogens (tertiary/aromatic N) is 1. The van der Waals surface area contributed by atoms with Crippen molar-refractivity contribution in [3.05, 3.63) is 0 Å². The molecule has 0 aliphatic carbocycles. The zero-order chi connectivity index (χ0) is 11.0. The number of hydrogen-bond acceptors (Lipinski definition) is 3. The minimum Gasteiger partial charge on any atom is -0.481 e. The van der Waals surface area contributed by atoms with E-state index in [-0.39, 0.29) is 12.5 Å². The Morgan fingerprint density at radius 1 is 1.31 bits per heavy atom. The zero-order valence-electron chi connectivity index (χ0n) is 8.44. The van der Waals surface area contributed by atoms with Crippen LogP contribution in [0.2, 0.25) is 0 Å². The smallest absolute Gasteiger partial charge is 0.320 e. The molecule has 0 aromatic carbocycles. The predicted molar refractivity (Wildman–Crippen MR) is 48.7 cm³/mol. The van der Waals surface area contributed by atoms with Gasteiger partial charge in [-0.1, -0.05) is 6.92 Å². The van der Waals surface area contributed by atoms with Crippen molar-refractivity contribution in [2.24, 2.45) is 0 Å². The quantitative estimate of drug-likeness (QED) is 0.679. The molecule has 0 heterocycles. The fourth-order valence-electron chi connectivity index (χ4n) is 0.221. The number of carbonyl (C=O) groups is 2. The highest BCUT2D eigenvalue weighted by Crippen LogP contribution is 1.88. The first-order chi connectivity index (χ1) is 5.82. The summed E-state index contributed by atoms with van der Waals surface area (Å²) in [7, 11) is 3.47. The van der Waals surface area contributed by atoms with Gasteiger partial charge in [0.25, 0.3) is 0 Å². The van der Waals surface area contributed by atoms with Crippen LogP contribution in [0.1, 0.15) is 20.3 Å². The van der Waals surface area contributed by atoms with E-state index in [9.17, 15) is 9.59 Å². The molecule has 1 atom stereocenters. The molecule has 13 heavy (non-hydrogen) atoms. The molecule has 0 aliphatic rings. The van der Waals surface area contributed by atoms with Gasteiger partial charge in [0.2, 0.25) is 0 Å². The van der Waals surface area contributed by atoms with Gasteiger partial charge in [-0.15, -0.1) is 0 Å². The summed E-state index contributed by atoms with van der Waals surface area (Å²) in [5.74, 6) is -1.53. The summed E-state index contributed by atoms with van der Waals surface area (Å²) in [6.07, 6.45) is 0.222. The van der Waals surface area contributed by atoms with Gasteiger partial charge in [-0.2, -0.15) is 0 Å². The van der Waals surface area contributed by atoms with Crippen molar-refractivity contribution in [3.63, 3.8) is 0 Å². The summed E-state index contributed by atoms with van der Waals surface area (Å²) < 4.78 is 0. The molecule has 0 spiro atoms. The molecule has 0 rings (SSSR count). The van der Waals surface area contributed by atoms with Gasteiger partial charge in [-0.25, -0.2) is 0 Å². The predicted octanol–water partition coefficient (Wildman–Crippen LogP) is 0.502. The zero-order valence-corrected chi connectivity index (χ0v) is 8.44. The van der Waals surface area contributed by atoms with Gasteiger partial charge in [0.1, 0.15) is 6.04 Å². The van der Waals surface area contributed by atoms with Crippen LogP contribution in [0.4, 0.5) is 0 Å². The van der Waals surface area contributed by atoms with E-state index >= 15 is 0 Å². The van der Waals surface area contributed by atoms with E-state index in [1.54, 1.807) is 32.8 Å². The molecule has 0 saturated carbocycles. The van der Waals surface area contributed by atoms with Crippen LogP contribution < -0.4 is 0 Å². The Hall–Kier alpha value is -1.10. The minimum absolute atomic E-state index is 0.222. The molecule has 0 aliphatic heterocycles. The second-order valence-electron chi connectivity index (χ2n) is 2.73. The van der Waals surface area contributed by atoms with Crippen LogP contribution in [-0.2, 0) is 9.59 Å². The number of likely N-dealkylation sites (N-methyl/N-ethyl adjacent to an activating group) is 1. The molecule has 0 aromatic rings. The number of hydrogen-bond donors (Lipinski definition) is 2. The van der Waals surface area contributed by atoms with Crippen LogP contribution in [0, 0.1) is 0 Å². The number of carboxylic acids is 2. The first-order valence-electron chi connectivity index (χ1n) is 3.93. The Labute approximate surface area is 78.0 Å². The van der Waals surface area contributed by atoms with Crippen molar-refractivity contribution >= 4 is 11.9 Å². The SMILES string of the molecule is CC(C(=O)O)N(C)C.CCC(=O)O. The van der Waals surface area contributed by atoms with Gasteiger partial charge >= 0.3 is 11.9 Å². The first kappa shape index (κ1) is 14.4. The third kappa shape index (κ3) is 10.9. The second kappa shape index (κ2) is 7.54. The molecule has 0 amide bonds. The summed E-state index contributed by atoms with van der Waals surface area (Å²) in [6, 6.07) is -0.380. The van der Waals surface area contributed by atoms with E-state index in [1.165, 1.54) is 0 Å². The Kier molecular flexibility index (Phi) is 8.37. The van der Waals surface area contributed by atoms with Crippen molar-refractivity contribution in [1.29, 1.82) is 0 Å². The fraction of sp³-hybridized carbons (Fsp3) is 0.750. The van der Waals surface area contributed by atoms with Crippen molar-refractivity contribution in [2.75, 3.05) is 14.1 Å². The highest BCUT2D eigenvalue weighted by molar-refractivity contribution is 5.72. The van der Waals surface area contributed by atoms with Crippen molar-refractivity contribution < 1.29 is 19.8 Å². The van der Waals surface area contributed by atoms with E-state index in [0.717, 1.165) is 0 Å². The van der Waals surface area contributed by atoms with Crippen LogP contribution in [0.25, 0.3) is 0 Å². The Bertz CT molecular complexity index is 168. The van der Waals surface area contributed by atoms with Crippen molar-refractivity contribution in [3.8, 4) is 0 Å². The van der Waals surface area contributed by atoms with E-state index < -0.39 is 11.9 Å². The van der Waals surface area contributed by atoms with Crippen molar-refractivity contribution in [1.82, 2.24) is 4.90 Å². The Balaban J connectivity index is 0. The van der Waals surface area contributed by atoms with Crippen LogP contribution in [-0.4, -0.2) is 47.2 Å². The number of rotatable bonds is 3. The maximum absolute atomic E-state index is 10.1. The molecule has 0 radical (unpaired) electrons. The molecule has 0 bridgehead atoms. The van der Waals surface area contributed by atoms with Crippen LogP contribution >= 0.6 is 0 Å². The second-order valence-corrected chi connectivity index (χ2v) is 2.73. The minimum atomic E-state index is -0.782. The average molecular weight is 191 g/mol. The van der Waals surface area contributed by atoms with Gasteiger partial charge in [-0.3, -0.25) is 14.5 Å². The Morgan fingerprint density at radius 3 is 1.62 bits per heavy atom. The van der Waals surface area contributed by atoms with E-state index in [1.807, 2.05) is 0 Å². The van der Waals surface area contributed by atoms with E-state index in [0.29, 0.717) is 0 Å². The van der Waals surface area contributed by atoms with Crippen LogP contribution in [0.3, 0.4) is 0 Å². The third-order valence-electron chi connectivity index (χ3n) is 1.43. The lowest BCUT2D eigenvalue weighted by Crippen LogP contribution is -2.32. The molecule has 5 heteroatoms. The van der Waals surface area contributed by atoms with E-state index in [4.69, 9.17) is 10.2 Å². The van der Waals surface area contributed by atoms with Crippen molar-refractivity contribution in [2.45, 2.75) is 26.3 Å². The van der Waals surface area contributed by atoms with Gasteiger partial charge in [-0.05, 0) is 21.0 Å². The standard InChI is InChI=1S/C5H11NO2.C3H6O2/c1-4(5(7)8)6(2)3;1-2-3(4)5/h4H,1-3H3,(H,7,8);2H2,1H3,(H,4,5). The third-order valence-corrected chi connectivity index (χ3v) is 1.43. The molecule has 0 fully saturated rings. The monoisotopic (exact) mass is 191 g/mol. The highest BCUT2D eigenvalue weighted by atomic mass is 16.4. The maximum atomic E-state index is 10.1. The van der Waals surface area contributed by atoms with Crippen LogP contribution in [0.15, 0.2) is 0 Å². The van der Waals surface area contributed by atoms with Gasteiger partial charge < -0.3 is 10.2 Å².